The largest absolute Gasteiger partial charge is 0.273 e. The third-order valence-corrected chi connectivity index (χ3v) is 1.44. The van der Waals surface area contributed by atoms with Crippen LogP contribution in [0.4, 0.5) is 0 Å². The molecule has 0 amide bonds. The molecule has 0 fully saturated rings. The van der Waals surface area contributed by atoms with E-state index >= 15 is 0 Å². The molecule has 2 rings (SSSR count). The van der Waals surface area contributed by atoms with Crippen LogP contribution in [0.2, 0.25) is 0 Å². The highest BCUT2D eigenvalue weighted by Crippen LogP contribution is 2.00. The number of nitrogens with one attached hydrogen (secondary N) is 1. The van der Waals surface area contributed by atoms with Crippen LogP contribution in [0.15, 0.2) is 29.3 Å². The molecule has 0 aromatic carbocycles. The van der Waals surface area contributed by atoms with E-state index in [1.54, 1.807) is 18.3 Å². The predicted octanol–water partition coefficient (Wildman–Crippen LogP) is 0.740. The molecule has 4 nitrogen and oxygen atoms in total. The second-order valence-corrected chi connectivity index (χ2v) is 2.14. The summed E-state index contributed by atoms with van der Waals surface area (Å²) in [6, 6.07) is 3.43. The van der Waals surface area contributed by atoms with Gasteiger partial charge in [-0.3, -0.25) is 9.78 Å². The highest BCUT2D eigenvalue weighted by atomic mass is 35.5. The molecule has 2 heterocycles. The lowest BCUT2D eigenvalue weighted by Crippen LogP contribution is -2.07. The summed E-state index contributed by atoms with van der Waals surface area (Å²) in [6.07, 6.45) is 3.15. The van der Waals surface area contributed by atoms with E-state index in [9.17, 15) is 4.79 Å². The van der Waals surface area contributed by atoms with Gasteiger partial charge in [-0.2, -0.15) is 5.10 Å². The van der Waals surface area contributed by atoms with E-state index in [1.165, 1.54) is 6.20 Å². The standard InChI is InChI=1S/C7H5N3O.ClH/c11-7-5-2-1-3-8-6(5)4-9-10-7;/h1-4H,(H,10,11);1H. The van der Waals surface area contributed by atoms with E-state index in [-0.39, 0.29) is 18.0 Å². The van der Waals surface area contributed by atoms with Gasteiger partial charge in [-0.15, -0.1) is 12.4 Å². The molecule has 0 aliphatic heterocycles. The van der Waals surface area contributed by atoms with Crippen molar-refractivity contribution in [3.8, 4) is 0 Å². The zero-order chi connectivity index (χ0) is 7.68. The van der Waals surface area contributed by atoms with Crippen LogP contribution in [0.25, 0.3) is 10.9 Å². The molecule has 0 bridgehead atoms. The molecule has 12 heavy (non-hydrogen) atoms. The summed E-state index contributed by atoms with van der Waals surface area (Å²) >= 11 is 0. The first-order chi connectivity index (χ1) is 5.38. The molecule has 5 heteroatoms. The number of aromatic nitrogens is 3. The van der Waals surface area contributed by atoms with Crippen molar-refractivity contribution in [2.24, 2.45) is 0 Å². The van der Waals surface area contributed by atoms with Gasteiger partial charge in [0.05, 0.1) is 17.1 Å². The van der Waals surface area contributed by atoms with E-state index in [1.807, 2.05) is 0 Å². The van der Waals surface area contributed by atoms with Gasteiger partial charge in [-0.25, -0.2) is 5.10 Å². The Kier molecular flexibility index (Phi) is 2.40. The average Bonchev–Trinajstić information content (AvgIpc) is 2.06. The SMILES string of the molecule is Cl.O=c1[nH]ncc2ncccc12. The van der Waals surface area contributed by atoms with Gasteiger partial charge in [0.1, 0.15) is 0 Å². The van der Waals surface area contributed by atoms with E-state index in [2.05, 4.69) is 15.2 Å². The lowest BCUT2D eigenvalue weighted by Gasteiger charge is -1.90. The molecule has 0 saturated heterocycles. The highest BCUT2D eigenvalue weighted by molar-refractivity contribution is 5.85. The molecule has 0 aliphatic rings. The van der Waals surface area contributed by atoms with Crippen LogP contribution in [0.3, 0.4) is 0 Å². The van der Waals surface area contributed by atoms with Crippen LogP contribution in [-0.2, 0) is 0 Å². The van der Waals surface area contributed by atoms with Gasteiger partial charge < -0.3 is 0 Å². The van der Waals surface area contributed by atoms with Gasteiger partial charge in [0, 0.05) is 6.20 Å². The minimum absolute atomic E-state index is 0. The zero-order valence-electron chi connectivity index (χ0n) is 6.02. The van der Waals surface area contributed by atoms with Gasteiger partial charge in [-0.1, -0.05) is 0 Å². The Morgan fingerprint density at radius 1 is 1.42 bits per heavy atom. The van der Waals surface area contributed by atoms with Gasteiger partial charge in [-0.05, 0) is 12.1 Å². The molecule has 0 saturated carbocycles. The molecule has 0 spiro atoms. The number of pyridine rings is 1. The number of halogens is 1. The summed E-state index contributed by atoms with van der Waals surface area (Å²) in [4.78, 5) is 15.0. The fraction of sp³-hybridized carbons (Fsp3) is 0. The summed E-state index contributed by atoms with van der Waals surface area (Å²) in [7, 11) is 0. The maximum atomic E-state index is 11.0. The number of hydrogen-bond acceptors (Lipinski definition) is 3. The third-order valence-electron chi connectivity index (χ3n) is 1.44. The molecular weight excluding hydrogens is 178 g/mol. The van der Waals surface area contributed by atoms with Crippen LogP contribution in [0.1, 0.15) is 0 Å². The maximum absolute atomic E-state index is 11.0. The van der Waals surface area contributed by atoms with Crippen molar-refractivity contribution < 1.29 is 0 Å². The van der Waals surface area contributed by atoms with Crippen molar-refractivity contribution in [2.75, 3.05) is 0 Å². The Hall–Kier alpha value is -1.42. The summed E-state index contributed by atoms with van der Waals surface area (Å²) < 4.78 is 0. The maximum Gasteiger partial charge on any atom is 0.273 e. The molecule has 62 valence electrons. The van der Waals surface area contributed by atoms with E-state index in [0.717, 1.165) is 0 Å². The Balaban J connectivity index is 0.000000720. The first-order valence-electron chi connectivity index (χ1n) is 3.16. The Labute approximate surface area is 74.1 Å². The van der Waals surface area contributed by atoms with E-state index in [4.69, 9.17) is 0 Å². The van der Waals surface area contributed by atoms with Gasteiger partial charge in [0.2, 0.25) is 0 Å². The van der Waals surface area contributed by atoms with Crippen molar-refractivity contribution in [3.05, 3.63) is 34.9 Å². The fourth-order valence-electron chi connectivity index (χ4n) is 0.925. The molecule has 2 aromatic rings. The number of aromatic amines is 1. The third kappa shape index (κ3) is 1.29. The number of rotatable bonds is 0. The lowest BCUT2D eigenvalue weighted by atomic mass is 10.3. The Morgan fingerprint density at radius 3 is 3.00 bits per heavy atom. The Bertz CT molecular complexity index is 434. The zero-order valence-corrected chi connectivity index (χ0v) is 6.84. The molecule has 0 unspecified atom stereocenters. The molecule has 0 atom stereocenters. The minimum Gasteiger partial charge on any atom is -0.267 e. The number of fused-ring (bicyclic) bond motifs is 1. The smallest absolute Gasteiger partial charge is 0.267 e. The topological polar surface area (TPSA) is 58.6 Å². The van der Waals surface area contributed by atoms with E-state index in [0.29, 0.717) is 10.9 Å². The summed E-state index contributed by atoms with van der Waals surface area (Å²) in [5.74, 6) is 0. The quantitative estimate of drug-likeness (QED) is 0.656. The predicted molar refractivity (Wildman–Crippen MR) is 47.4 cm³/mol. The van der Waals surface area contributed by atoms with E-state index < -0.39 is 0 Å². The van der Waals surface area contributed by atoms with Crippen molar-refractivity contribution in [2.45, 2.75) is 0 Å². The molecule has 1 N–H and O–H groups in total. The van der Waals surface area contributed by atoms with Crippen LogP contribution >= 0.6 is 12.4 Å². The summed E-state index contributed by atoms with van der Waals surface area (Å²) in [6.45, 7) is 0. The van der Waals surface area contributed by atoms with Crippen molar-refractivity contribution in [1.29, 1.82) is 0 Å². The normalized spacial score (nSPS) is 9.33. The fourth-order valence-corrected chi connectivity index (χ4v) is 0.925. The van der Waals surface area contributed by atoms with Gasteiger partial charge in [0.15, 0.2) is 0 Å². The second-order valence-electron chi connectivity index (χ2n) is 2.14. The first-order valence-corrected chi connectivity index (χ1v) is 3.16. The van der Waals surface area contributed by atoms with Crippen LogP contribution in [0, 0.1) is 0 Å². The van der Waals surface area contributed by atoms with Crippen molar-refractivity contribution in [3.63, 3.8) is 0 Å². The van der Waals surface area contributed by atoms with Crippen molar-refractivity contribution in [1.82, 2.24) is 15.2 Å². The van der Waals surface area contributed by atoms with Gasteiger partial charge >= 0.3 is 0 Å². The average molecular weight is 184 g/mol. The van der Waals surface area contributed by atoms with Crippen LogP contribution in [0.5, 0.6) is 0 Å². The summed E-state index contributed by atoms with van der Waals surface area (Å²) in [5, 5.41) is 6.51. The van der Waals surface area contributed by atoms with Gasteiger partial charge in [0.25, 0.3) is 5.56 Å². The Morgan fingerprint density at radius 2 is 2.25 bits per heavy atom. The first kappa shape index (κ1) is 8.67. The lowest BCUT2D eigenvalue weighted by molar-refractivity contribution is 1.00. The molecular formula is C7H6ClN3O. The molecule has 0 aliphatic carbocycles. The number of nitrogens with zero attached hydrogens (tertiary/aromatic N) is 2. The summed E-state index contributed by atoms with van der Waals surface area (Å²) in [5.41, 5.74) is 0.423. The highest BCUT2D eigenvalue weighted by Gasteiger charge is 1.95. The monoisotopic (exact) mass is 183 g/mol. The van der Waals surface area contributed by atoms with Crippen LogP contribution in [-0.4, -0.2) is 15.2 Å². The molecule has 2 aromatic heterocycles. The number of H-pyrrole nitrogens is 1. The number of hydrogen-bond donors (Lipinski definition) is 1. The van der Waals surface area contributed by atoms with Crippen molar-refractivity contribution >= 4 is 23.3 Å². The second kappa shape index (κ2) is 3.32. The van der Waals surface area contributed by atoms with Crippen LogP contribution < -0.4 is 5.56 Å². The molecule has 0 radical (unpaired) electrons. The minimum atomic E-state index is -0.199.